The molecule has 4 atom stereocenters. The number of nitrogens with zero attached hydrogens (tertiary/aromatic N) is 1. The molecule has 3 rings (SSSR count). The molecular weight excluding hydrogens is 236 g/mol. The van der Waals surface area contributed by atoms with Gasteiger partial charge in [-0.2, -0.15) is 5.26 Å². The monoisotopic (exact) mass is 256 g/mol. The molecule has 2 N–H and O–H groups in total. The molecule has 19 heavy (non-hydrogen) atoms. The Hall–Kier alpha value is -1.37. The van der Waals surface area contributed by atoms with Gasteiger partial charge in [0.05, 0.1) is 17.7 Å². The summed E-state index contributed by atoms with van der Waals surface area (Å²) >= 11 is 0. The summed E-state index contributed by atoms with van der Waals surface area (Å²) in [6.07, 6.45) is 4.36. The van der Waals surface area contributed by atoms with Gasteiger partial charge in [0.1, 0.15) is 0 Å². The van der Waals surface area contributed by atoms with Gasteiger partial charge in [0, 0.05) is 6.04 Å². The number of hydrogen-bond donors (Lipinski definition) is 2. The van der Waals surface area contributed by atoms with E-state index in [-0.39, 0.29) is 0 Å². The molecule has 0 aromatic heterocycles. The highest BCUT2D eigenvalue weighted by atomic mass is 16.3. The molecule has 0 amide bonds. The van der Waals surface area contributed by atoms with E-state index in [1.165, 1.54) is 19.3 Å². The molecule has 1 heterocycles. The van der Waals surface area contributed by atoms with Gasteiger partial charge < -0.3 is 10.4 Å². The molecule has 0 spiro atoms. The van der Waals surface area contributed by atoms with Crippen LogP contribution in [0.1, 0.15) is 42.9 Å². The van der Waals surface area contributed by atoms with Gasteiger partial charge in [0.2, 0.25) is 0 Å². The SMILES string of the molecule is N#Cc1ccc(C(O)CC2NCC3CCCC32)cc1. The zero-order chi connectivity index (χ0) is 13.2. The van der Waals surface area contributed by atoms with Gasteiger partial charge in [-0.3, -0.25) is 0 Å². The van der Waals surface area contributed by atoms with Gasteiger partial charge in [-0.25, -0.2) is 0 Å². The second-order valence-electron chi connectivity index (χ2n) is 5.85. The lowest BCUT2D eigenvalue weighted by atomic mass is 9.89. The second-order valence-corrected chi connectivity index (χ2v) is 5.85. The van der Waals surface area contributed by atoms with Crippen LogP contribution in [0.2, 0.25) is 0 Å². The van der Waals surface area contributed by atoms with Gasteiger partial charge in [-0.15, -0.1) is 0 Å². The molecule has 1 aliphatic heterocycles. The number of aliphatic hydroxyl groups excluding tert-OH is 1. The number of aliphatic hydroxyl groups is 1. The van der Waals surface area contributed by atoms with Crippen LogP contribution in [0, 0.1) is 23.2 Å². The van der Waals surface area contributed by atoms with E-state index in [1.807, 2.05) is 12.1 Å². The van der Waals surface area contributed by atoms with E-state index in [4.69, 9.17) is 5.26 Å². The summed E-state index contributed by atoms with van der Waals surface area (Å²) in [5.41, 5.74) is 1.56. The Bertz CT molecular complexity index is 477. The number of rotatable bonds is 3. The molecule has 1 aromatic rings. The summed E-state index contributed by atoms with van der Waals surface area (Å²) in [5, 5.41) is 22.7. The molecule has 3 nitrogen and oxygen atoms in total. The van der Waals surface area contributed by atoms with Gasteiger partial charge in [0.15, 0.2) is 0 Å². The van der Waals surface area contributed by atoms with Crippen LogP contribution in [0.25, 0.3) is 0 Å². The van der Waals surface area contributed by atoms with Crippen LogP contribution in [0.4, 0.5) is 0 Å². The van der Waals surface area contributed by atoms with Gasteiger partial charge in [-0.05, 0) is 55.3 Å². The van der Waals surface area contributed by atoms with Crippen molar-refractivity contribution in [2.45, 2.75) is 37.8 Å². The highest BCUT2D eigenvalue weighted by Crippen LogP contribution is 2.40. The fraction of sp³-hybridized carbons (Fsp3) is 0.562. The first kappa shape index (κ1) is 12.7. The number of benzene rings is 1. The number of nitrogens with one attached hydrogen (secondary N) is 1. The van der Waals surface area contributed by atoms with Crippen molar-refractivity contribution in [3.63, 3.8) is 0 Å². The average Bonchev–Trinajstić information content (AvgIpc) is 3.04. The largest absolute Gasteiger partial charge is 0.388 e. The number of hydrogen-bond acceptors (Lipinski definition) is 3. The Labute approximate surface area is 114 Å². The maximum Gasteiger partial charge on any atom is 0.0991 e. The van der Waals surface area contributed by atoms with Crippen molar-refractivity contribution in [2.75, 3.05) is 6.54 Å². The van der Waals surface area contributed by atoms with Gasteiger partial charge in [-0.1, -0.05) is 18.6 Å². The van der Waals surface area contributed by atoms with Crippen molar-refractivity contribution in [3.05, 3.63) is 35.4 Å². The first-order valence-electron chi connectivity index (χ1n) is 7.19. The van der Waals surface area contributed by atoms with Crippen LogP contribution < -0.4 is 5.32 Å². The molecule has 1 aliphatic carbocycles. The quantitative estimate of drug-likeness (QED) is 0.873. The topological polar surface area (TPSA) is 56.0 Å². The van der Waals surface area contributed by atoms with Crippen LogP contribution in [0.5, 0.6) is 0 Å². The fourth-order valence-corrected chi connectivity index (χ4v) is 3.72. The minimum Gasteiger partial charge on any atom is -0.388 e. The van der Waals surface area contributed by atoms with E-state index in [1.54, 1.807) is 12.1 Å². The van der Waals surface area contributed by atoms with Crippen LogP contribution in [0.3, 0.4) is 0 Å². The smallest absolute Gasteiger partial charge is 0.0991 e. The summed E-state index contributed by atoms with van der Waals surface area (Å²) in [4.78, 5) is 0. The molecule has 1 saturated carbocycles. The first-order chi connectivity index (χ1) is 9.28. The molecule has 0 radical (unpaired) electrons. The number of fused-ring (bicyclic) bond motifs is 1. The van der Waals surface area contributed by atoms with Crippen molar-refractivity contribution in [3.8, 4) is 6.07 Å². The molecule has 4 unspecified atom stereocenters. The average molecular weight is 256 g/mol. The van der Waals surface area contributed by atoms with Crippen molar-refractivity contribution in [1.29, 1.82) is 5.26 Å². The van der Waals surface area contributed by atoms with E-state index in [0.717, 1.165) is 30.4 Å². The fourth-order valence-electron chi connectivity index (χ4n) is 3.72. The summed E-state index contributed by atoms with van der Waals surface area (Å²) in [5.74, 6) is 1.59. The molecule has 3 heteroatoms. The van der Waals surface area contributed by atoms with Crippen LogP contribution in [-0.4, -0.2) is 17.7 Å². The summed E-state index contributed by atoms with van der Waals surface area (Å²) in [6.45, 7) is 1.12. The summed E-state index contributed by atoms with van der Waals surface area (Å²) in [6, 6.07) is 9.84. The van der Waals surface area contributed by atoms with Crippen molar-refractivity contribution in [1.82, 2.24) is 5.32 Å². The first-order valence-corrected chi connectivity index (χ1v) is 7.19. The third-order valence-electron chi connectivity index (χ3n) is 4.78. The summed E-state index contributed by atoms with van der Waals surface area (Å²) < 4.78 is 0. The Morgan fingerprint density at radius 3 is 2.84 bits per heavy atom. The van der Waals surface area contributed by atoms with E-state index in [9.17, 15) is 5.11 Å². The van der Waals surface area contributed by atoms with Gasteiger partial charge in [0.25, 0.3) is 0 Å². The highest BCUT2D eigenvalue weighted by molar-refractivity contribution is 5.32. The van der Waals surface area contributed by atoms with Crippen molar-refractivity contribution >= 4 is 0 Å². The predicted octanol–water partition coefficient (Wildman–Crippen LogP) is 2.37. The number of nitriles is 1. The molecule has 2 fully saturated rings. The minimum atomic E-state index is -0.426. The Balaban J connectivity index is 1.64. The minimum absolute atomic E-state index is 0.426. The zero-order valence-corrected chi connectivity index (χ0v) is 11.0. The van der Waals surface area contributed by atoms with E-state index >= 15 is 0 Å². The van der Waals surface area contributed by atoms with Crippen LogP contribution in [-0.2, 0) is 0 Å². The molecular formula is C16H20N2O. The Kier molecular flexibility index (Phi) is 3.54. The Morgan fingerprint density at radius 1 is 1.32 bits per heavy atom. The van der Waals surface area contributed by atoms with Crippen LogP contribution >= 0.6 is 0 Å². The van der Waals surface area contributed by atoms with Gasteiger partial charge >= 0.3 is 0 Å². The second kappa shape index (κ2) is 5.32. The standard InChI is InChI=1S/C16H20N2O/c17-9-11-4-6-12(7-5-11)16(19)8-15-14-3-1-2-13(14)10-18-15/h4-7,13-16,18-19H,1-3,8,10H2. The van der Waals surface area contributed by atoms with E-state index in [2.05, 4.69) is 11.4 Å². The lowest BCUT2D eigenvalue weighted by Crippen LogP contribution is -2.28. The Morgan fingerprint density at radius 2 is 2.11 bits per heavy atom. The third kappa shape index (κ3) is 2.51. The van der Waals surface area contributed by atoms with E-state index in [0.29, 0.717) is 11.6 Å². The van der Waals surface area contributed by atoms with Crippen molar-refractivity contribution in [2.24, 2.45) is 11.8 Å². The molecule has 1 saturated heterocycles. The zero-order valence-electron chi connectivity index (χ0n) is 11.0. The van der Waals surface area contributed by atoms with E-state index < -0.39 is 6.10 Å². The molecule has 2 aliphatic rings. The predicted molar refractivity (Wildman–Crippen MR) is 73.4 cm³/mol. The molecule has 0 bridgehead atoms. The third-order valence-corrected chi connectivity index (χ3v) is 4.78. The molecule has 100 valence electrons. The maximum absolute atomic E-state index is 10.3. The lowest BCUT2D eigenvalue weighted by molar-refractivity contribution is 0.145. The maximum atomic E-state index is 10.3. The lowest BCUT2D eigenvalue weighted by Gasteiger charge is -2.21. The highest BCUT2D eigenvalue weighted by Gasteiger charge is 2.39. The molecule has 1 aromatic carbocycles. The van der Waals surface area contributed by atoms with Crippen molar-refractivity contribution < 1.29 is 5.11 Å². The van der Waals surface area contributed by atoms with Crippen LogP contribution in [0.15, 0.2) is 24.3 Å². The summed E-state index contributed by atoms with van der Waals surface area (Å²) in [7, 11) is 0. The normalized spacial score (nSPS) is 30.8.